The molecule has 1 rings (SSSR count). The predicted octanol–water partition coefficient (Wildman–Crippen LogP) is 3.31. The van der Waals surface area contributed by atoms with Gasteiger partial charge in [0.2, 0.25) is 5.88 Å². The summed E-state index contributed by atoms with van der Waals surface area (Å²) in [4.78, 5) is 3.28. The van der Waals surface area contributed by atoms with Crippen molar-refractivity contribution in [3.63, 3.8) is 0 Å². The second-order valence-electron chi connectivity index (χ2n) is 3.12. The van der Waals surface area contributed by atoms with Crippen molar-refractivity contribution in [3.05, 3.63) is 22.9 Å². The molecule has 0 unspecified atom stereocenters. The van der Waals surface area contributed by atoms with Crippen LogP contribution >= 0.6 is 15.9 Å². The van der Waals surface area contributed by atoms with Crippen LogP contribution in [0.25, 0.3) is 0 Å². The minimum absolute atomic E-state index is 0.242. The quantitative estimate of drug-likeness (QED) is 0.678. The van der Waals surface area contributed by atoms with Crippen molar-refractivity contribution in [1.82, 2.24) is 4.98 Å². The van der Waals surface area contributed by atoms with Crippen LogP contribution in [0.1, 0.15) is 23.1 Å². The number of rotatable bonds is 4. The maximum absolute atomic E-state index is 12.8. The topological polar surface area (TPSA) is 42.4 Å². The molecule has 1 aromatic heterocycles. The summed E-state index contributed by atoms with van der Waals surface area (Å²) in [5.41, 5.74) is -1.38. The summed E-state index contributed by atoms with van der Waals surface area (Å²) in [5, 5.41) is 8.55. The van der Waals surface area contributed by atoms with Gasteiger partial charge in [-0.25, -0.2) is 13.8 Å². The number of aliphatic hydroxyl groups excluding tert-OH is 1. The summed E-state index contributed by atoms with van der Waals surface area (Å²) in [6.07, 6.45) is -7.34. The minimum Gasteiger partial charge on any atom is -0.392 e. The van der Waals surface area contributed by atoms with Gasteiger partial charge in [-0.2, -0.15) is 0 Å². The van der Waals surface area contributed by atoms with Crippen LogP contribution in [0.5, 0.6) is 5.88 Å². The zero-order chi connectivity index (χ0) is 13.9. The van der Waals surface area contributed by atoms with Crippen LogP contribution in [0.15, 0.2) is 6.20 Å². The molecular weight excluding hydrogens is 329 g/mol. The second kappa shape index (κ2) is 5.79. The summed E-state index contributed by atoms with van der Waals surface area (Å²) >= 11 is 2.80. The number of nitrogens with zero attached hydrogens (tertiary/aromatic N) is 1. The molecule has 9 heteroatoms. The Morgan fingerprint density at radius 1 is 1.39 bits per heavy atom. The van der Waals surface area contributed by atoms with Gasteiger partial charge in [0.15, 0.2) is 0 Å². The Bertz CT molecular complexity index is 424. The van der Waals surface area contributed by atoms with E-state index in [1.54, 1.807) is 0 Å². The molecule has 1 N–H and O–H groups in total. The molecule has 0 radical (unpaired) electrons. The van der Waals surface area contributed by atoms with Crippen LogP contribution in [0.3, 0.4) is 0 Å². The molecule has 0 saturated carbocycles. The summed E-state index contributed by atoms with van der Waals surface area (Å²) in [7, 11) is 0. The van der Waals surface area contributed by atoms with Crippen LogP contribution in [0.4, 0.5) is 22.0 Å². The predicted molar refractivity (Wildman–Crippen MR) is 54.4 cm³/mol. The van der Waals surface area contributed by atoms with Crippen molar-refractivity contribution in [2.75, 3.05) is 0 Å². The molecule has 0 saturated heterocycles. The van der Waals surface area contributed by atoms with Gasteiger partial charge in [0, 0.05) is 28.2 Å². The zero-order valence-electron chi connectivity index (χ0n) is 8.64. The fourth-order valence-corrected chi connectivity index (χ4v) is 1.86. The lowest BCUT2D eigenvalue weighted by Crippen LogP contribution is -2.20. The highest BCUT2D eigenvalue weighted by molar-refractivity contribution is 9.08. The number of aromatic nitrogens is 1. The van der Waals surface area contributed by atoms with E-state index in [-0.39, 0.29) is 10.9 Å². The zero-order valence-corrected chi connectivity index (χ0v) is 10.2. The lowest BCUT2D eigenvalue weighted by atomic mass is 10.1. The summed E-state index contributed by atoms with van der Waals surface area (Å²) in [6.45, 7) is -0.751. The van der Waals surface area contributed by atoms with E-state index in [4.69, 9.17) is 5.11 Å². The summed E-state index contributed by atoms with van der Waals surface area (Å²) < 4.78 is 65.3. The first kappa shape index (κ1) is 15.1. The number of ether oxygens (including phenoxy) is 1. The first-order chi connectivity index (χ1) is 8.30. The van der Waals surface area contributed by atoms with E-state index in [1.807, 2.05) is 0 Å². The van der Waals surface area contributed by atoms with Gasteiger partial charge in [-0.15, -0.1) is 13.2 Å². The van der Waals surface area contributed by atoms with E-state index in [1.165, 1.54) is 0 Å². The van der Waals surface area contributed by atoms with E-state index >= 15 is 0 Å². The highest BCUT2D eigenvalue weighted by Crippen LogP contribution is 2.35. The van der Waals surface area contributed by atoms with Crippen LogP contribution in [-0.2, 0) is 11.9 Å². The molecule has 0 aromatic carbocycles. The normalized spacial score (nSPS) is 12.0. The third-order valence-electron chi connectivity index (χ3n) is 2.00. The van der Waals surface area contributed by atoms with Gasteiger partial charge in [0.1, 0.15) is 0 Å². The van der Waals surface area contributed by atoms with Crippen LogP contribution in [0, 0.1) is 0 Å². The van der Waals surface area contributed by atoms with Crippen molar-refractivity contribution < 1.29 is 31.8 Å². The van der Waals surface area contributed by atoms with Crippen molar-refractivity contribution in [1.29, 1.82) is 0 Å². The molecule has 0 spiro atoms. The molecule has 18 heavy (non-hydrogen) atoms. The average molecular weight is 336 g/mol. The maximum Gasteiger partial charge on any atom is 0.574 e. The second-order valence-corrected chi connectivity index (χ2v) is 3.68. The Kier molecular flexibility index (Phi) is 4.85. The van der Waals surface area contributed by atoms with Gasteiger partial charge in [-0.05, 0) is 0 Å². The largest absolute Gasteiger partial charge is 0.574 e. The Labute approximate surface area is 107 Å². The number of hydrogen-bond acceptors (Lipinski definition) is 3. The molecular formula is C9H7BrF5NO2. The van der Waals surface area contributed by atoms with Crippen LogP contribution < -0.4 is 4.74 Å². The molecule has 102 valence electrons. The summed E-state index contributed by atoms with van der Waals surface area (Å²) in [6, 6.07) is 0. The van der Waals surface area contributed by atoms with E-state index in [0.29, 0.717) is 0 Å². The van der Waals surface area contributed by atoms with Gasteiger partial charge in [-0.3, -0.25) is 0 Å². The molecule has 0 aliphatic carbocycles. The third-order valence-corrected chi connectivity index (χ3v) is 2.56. The van der Waals surface area contributed by atoms with Gasteiger partial charge in [-0.1, -0.05) is 15.9 Å². The van der Waals surface area contributed by atoms with Gasteiger partial charge >= 0.3 is 6.36 Å². The number of hydrogen-bond donors (Lipinski definition) is 1. The smallest absolute Gasteiger partial charge is 0.392 e. The summed E-state index contributed by atoms with van der Waals surface area (Å²) in [5.74, 6) is -0.952. The fourth-order valence-electron chi connectivity index (χ4n) is 1.32. The Hall–Kier alpha value is -0.960. The molecule has 0 fully saturated rings. The van der Waals surface area contributed by atoms with Crippen LogP contribution in [-0.4, -0.2) is 16.5 Å². The van der Waals surface area contributed by atoms with E-state index in [2.05, 4.69) is 25.7 Å². The van der Waals surface area contributed by atoms with Gasteiger partial charge in [0.25, 0.3) is 6.43 Å². The maximum atomic E-state index is 12.8. The Morgan fingerprint density at radius 3 is 2.39 bits per heavy atom. The van der Waals surface area contributed by atoms with Crippen molar-refractivity contribution in [3.8, 4) is 5.88 Å². The number of alkyl halides is 6. The first-order valence-electron chi connectivity index (χ1n) is 4.51. The number of pyridine rings is 1. The van der Waals surface area contributed by atoms with E-state index < -0.39 is 36.4 Å². The molecule has 1 heterocycles. The van der Waals surface area contributed by atoms with Crippen molar-refractivity contribution in [2.45, 2.75) is 24.7 Å². The molecule has 1 aromatic rings. The molecule has 0 atom stereocenters. The molecule has 0 bridgehead atoms. The molecule has 0 amide bonds. The molecule has 0 aliphatic rings. The van der Waals surface area contributed by atoms with E-state index in [9.17, 15) is 22.0 Å². The number of halogens is 6. The Balaban J connectivity index is 3.33. The van der Waals surface area contributed by atoms with Crippen molar-refractivity contribution >= 4 is 15.9 Å². The highest BCUT2D eigenvalue weighted by Gasteiger charge is 2.34. The Morgan fingerprint density at radius 2 is 2.00 bits per heavy atom. The van der Waals surface area contributed by atoms with Crippen LogP contribution in [0.2, 0.25) is 0 Å². The monoisotopic (exact) mass is 335 g/mol. The van der Waals surface area contributed by atoms with Crippen molar-refractivity contribution in [2.24, 2.45) is 0 Å². The standard InChI is InChI=1S/C9H7BrF5NO2/c10-1-5-6(7(11)12)4(3-17)2-16-8(5)18-9(13,14)15/h2,7,17H,1,3H2. The fraction of sp³-hybridized carbons (Fsp3) is 0.444. The minimum atomic E-state index is -5.02. The van der Waals surface area contributed by atoms with Gasteiger partial charge in [0.05, 0.1) is 6.61 Å². The highest BCUT2D eigenvalue weighted by atomic mass is 79.9. The van der Waals surface area contributed by atoms with E-state index in [0.717, 1.165) is 6.20 Å². The lowest BCUT2D eigenvalue weighted by Gasteiger charge is -2.16. The lowest BCUT2D eigenvalue weighted by molar-refractivity contribution is -0.276. The first-order valence-corrected chi connectivity index (χ1v) is 5.63. The SMILES string of the molecule is OCc1cnc(OC(F)(F)F)c(CBr)c1C(F)F. The number of aliphatic hydroxyl groups is 1. The third kappa shape index (κ3) is 3.52. The molecule has 3 nitrogen and oxygen atoms in total. The average Bonchev–Trinajstić information content (AvgIpc) is 2.26. The van der Waals surface area contributed by atoms with Gasteiger partial charge < -0.3 is 9.84 Å². The molecule has 0 aliphatic heterocycles.